The van der Waals surface area contributed by atoms with Crippen LogP contribution in [-0.2, 0) is 5.41 Å². The fourth-order valence-corrected chi connectivity index (χ4v) is 2.51. The molecule has 1 heterocycles. The van der Waals surface area contributed by atoms with E-state index in [-0.39, 0.29) is 11.3 Å². The fourth-order valence-electron chi connectivity index (χ4n) is 2.51. The Morgan fingerprint density at radius 1 is 1.04 bits per heavy atom. The number of aromatic nitrogens is 1. The lowest BCUT2D eigenvalue weighted by Crippen LogP contribution is -2.27. The molecule has 0 radical (unpaired) electrons. The number of benzene rings is 1. The van der Waals surface area contributed by atoms with Crippen LogP contribution in [0.15, 0.2) is 42.6 Å². The van der Waals surface area contributed by atoms with Gasteiger partial charge in [-0.3, -0.25) is 4.79 Å². The summed E-state index contributed by atoms with van der Waals surface area (Å²) < 4.78 is 0. The number of anilines is 2. The molecule has 2 rings (SSSR count). The standard InChI is InChI=1S/C21H30N4O/c1-21(2,3)16-7-9-17(10-8-16)24-18-11-12-19(23-15-18)20(26)22-13-6-14-25(4)5/h7-12,15,24H,6,13-14H2,1-5H3,(H,22,26). The van der Waals surface area contributed by atoms with Crippen LogP contribution < -0.4 is 10.6 Å². The van der Waals surface area contributed by atoms with Gasteiger partial charge in [-0.05, 0) is 62.3 Å². The summed E-state index contributed by atoms with van der Waals surface area (Å²) in [4.78, 5) is 18.4. The van der Waals surface area contributed by atoms with Crippen molar-refractivity contribution in [3.63, 3.8) is 0 Å². The molecule has 0 aliphatic carbocycles. The van der Waals surface area contributed by atoms with Crippen molar-refractivity contribution >= 4 is 17.3 Å². The molecule has 140 valence electrons. The van der Waals surface area contributed by atoms with Crippen molar-refractivity contribution in [3.8, 4) is 0 Å². The Morgan fingerprint density at radius 2 is 1.69 bits per heavy atom. The number of amides is 1. The third-order valence-electron chi connectivity index (χ3n) is 4.10. The highest BCUT2D eigenvalue weighted by molar-refractivity contribution is 5.92. The van der Waals surface area contributed by atoms with Crippen LogP contribution in [0, 0.1) is 0 Å². The zero-order valence-electron chi connectivity index (χ0n) is 16.5. The van der Waals surface area contributed by atoms with Gasteiger partial charge in [0.15, 0.2) is 0 Å². The second kappa shape index (κ2) is 8.81. The van der Waals surface area contributed by atoms with Gasteiger partial charge in [-0.25, -0.2) is 4.98 Å². The van der Waals surface area contributed by atoms with Crippen molar-refractivity contribution in [3.05, 3.63) is 53.9 Å². The Balaban J connectivity index is 1.89. The molecule has 0 saturated heterocycles. The molecule has 5 nitrogen and oxygen atoms in total. The third-order valence-corrected chi connectivity index (χ3v) is 4.10. The first-order chi connectivity index (χ1) is 12.3. The van der Waals surface area contributed by atoms with Crippen LogP contribution in [0.4, 0.5) is 11.4 Å². The SMILES string of the molecule is CN(C)CCCNC(=O)c1ccc(Nc2ccc(C(C)(C)C)cc2)cn1. The normalized spacial score (nSPS) is 11.5. The van der Waals surface area contributed by atoms with Crippen LogP contribution in [-0.4, -0.2) is 43.0 Å². The van der Waals surface area contributed by atoms with Gasteiger partial charge in [-0.1, -0.05) is 32.9 Å². The lowest BCUT2D eigenvalue weighted by molar-refractivity contribution is 0.0947. The molecule has 1 aromatic carbocycles. The monoisotopic (exact) mass is 354 g/mol. The Labute approximate surface area is 156 Å². The van der Waals surface area contributed by atoms with E-state index in [1.54, 1.807) is 12.3 Å². The first-order valence-corrected chi connectivity index (χ1v) is 9.02. The van der Waals surface area contributed by atoms with E-state index in [0.29, 0.717) is 12.2 Å². The summed E-state index contributed by atoms with van der Waals surface area (Å²) in [6.45, 7) is 8.19. The smallest absolute Gasteiger partial charge is 0.269 e. The first kappa shape index (κ1) is 19.9. The van der Waals surface area contributed by atoms with E-state index in [0.717, 1.165) is 24.3 Å². The molecule has 0 bridgehead atoms. The number of nitrogens with one attached hydrogen (secondary N) is 2. The largest absolute Gasteiger partial charge is 0.354 e. The average Bonchev–Trinajstić information content (AvgIpc) is 2.59. The van der Waals surface area contributed by atoms with Gasteiger partial charge >= 0.3 is 0 Å². The van der Waals surface area contributed by atoms with E-state index >= 15 is 0 Å². The number of hydrogen-bond donors (Lipinski definition) is 2. The van der Waals surface area contributed by atoms with E-state index in [1.807, 2.05) is 20.2 Å². The summed E-state index contributed by atoms with van der Waals surface area (Å²) >= 11 is 0. The van der Waals surface area contributed by atoms with E-state index in [2.05, 4.69) is 65.6 Å². The Morgan fingerprint density at radius 3 is 2.23 bits per heavy atom. The van der Waals surface area contributed by atoms with Crippen LogP contribution in [0.2, 0.25) is 0 Å². The van der Waals surface area contributed by atoms with Crippen molar-refractivity contribution in [2.45, 2.75) is 32.6 Å². The molecule has 1 amide bonds. The predicted octanol–water partition coefficient (Wildman–Crippen LogP) is 3.80. The highest BCUT2D eigenvalue weighted by Crippen LogP contribution is 2.24. The molecule has 2 N–H and O–H groups in total. The van der Waals surface area contributed by atoms with Crippen LogP contribution in [0.5, 0.6) is 0 Å². The minimum atomic E-state index is -0.134. The molecule has 0 fully saturated rings. The molecule has 0 unspecified atom stereocenters. The van der Waals surface area contributed by atoms with Crippen molar-refractivity contribution < 1.29 is 4.79 Å². The Kier molecular flexibility index (Phi) is 6.75. The van der Waals surface area contributed by atoms with Crippen LogP contribution in [0.25, 0.3) is 0 Å². The number of pyridine rings is 1. The maximum Gasteiger partial charge on any atom is 0.269 e. The molecular weight excluding hydrogens is 324 g/mol. The second-order valence-electron chi connectivity index (χ2n) is 7.80. The topological polar surface area (TPSA) is 57.3 Å². The van der Waals surface area contributed by atoms with Gasteiger partial charge in [-0.15, -0.1) is 0 Å². The molecule has 0 atom stereocenters. The first-order valence-electron chi connectivity index (χ1n) is 9.02. The lowest BCUT2D eigenvalue weighted by Gasteiger charge is -2.19. The zero-order valence-corrected chi connectivity index (χ0v) is 16.5. The highest BCUT2D eigenvalue weighted by atomic mass is 16.1. The quantitative estimate of drug-likeness (QED) is 0.743. The summed E-state index contributed by atoms with van der Waals surface area (Å²) in [5, 5.41) is 6.21. The van der Waals surface area contributed by atoms with Gasteiger partial charge in [0.1, 0.15) is 5.69 Å². The second-order valence-corrected chi connectivity index (χ2v) is 7.80. The fraction of sp³-hybridized carbons (Fsp3) is 0.429. The van der Waals surface area contributed by atoms with Gasteiger partial charge in [0.2, 0.25) is 0 Å². The summed E-state index contributed by atoms with van der Waals surface area (Å²) in [6.07, 6.45) is 2.61. The third kappa shape index (κ3) is 6.15. The van der Waals surface area contributed by atoms with Crippen molar-refractivity contribution in [2.75, 3.05) is 32.5 Å². The highest BCUT2D eigenvalue weighted by Gasteiger charge is 2.13. The van der Waals surface area contributed by atoms with Crippen LogP contribution in [0.1, 0.15) is 43.2 Å². The summed E-state index contributed by atoms with van der Waals surface area (Å²) in [5.41, 5.74) is 3.73. The average molecular weight is 354 g/mol. The molecule has 2 aromatic rings. The van der Waals surface area contributed by atoms with Crippen molar-refractivity contribution in [2.24, 2.45) is 0 Å². The molecule has 0 aliphatic rings. The van der Waals surface area contributed by atoms with E-state index in [4.69, 9.17) is 0 Å². The van der Waals surface area contributed by atoms with Crippen molar-refractivity contribution in [1.82, 2.24) is 15.2 Å². The zero-order chi connectivity index (χ0) is 19.2. The predicted molar refractivity (Wildman–Crippen MR) is 108 cm³/mol. The van der Waals surface area contributed by atoms with Crippen LogP contribution >= 0.6 is 0 Å². The molecular formula is C21H30N4O. The minimum absolute atomic E-state index is 0.134. The summed E-state index contributed by atoms with van der Waals surface area (Å²) in [6, 6.07) is 12.0. The number of carbonyl (C=O) groups excluding carboxylic acids is 1. The van der Waals surface area contributed by atoms with Gasteiger partial charge in [-0.2, -0.15) is 0 Å². The number of carbonyl (C=O) groups is 1. The van der Waals surface area contributed by atoms with Gasteiger partial charge < -0.3 is 15.5 Å². The van der Waals surface area contributed by atoms with E-state index in [1.165, 1.54) is 5.56 Å². The maximum atomic E-state index is 12.1. The molecule has 5 heteroatoms. The molecule has 0 saturated carbocycles. The minimum Gasteiger partial charge on any atom is -0.354 e. The molecule has 0 aliphatic heterocycles. The maximum absolute atomic E-state index is 12.1. The molecule has 0 spiro atoms. The number of hydrogen-bond acceptors (Lipinski definition) is 4. The van der Waals surface area contributed by atoms with Crippen LogP contribution in [0.3, 0.4) is 0 Å². The summed E-state index contributed by atoms with van der Waals surface area (Å²) in [5.74, 6) is -0.134. The van der Waals surface area contributed by atoms with E-state index < -0.39 is 0 Å². The number of rotatable bonds is 7. The number of nitrogens with zero attached hydrogens (tertiary/aromatic N) is 2. The van der Waals surface area contributed by atoms with Gasteiger partial charge in [0.25, 0.3) is 5.91 Å². The Hall–Kier alpha value is -2.40. The summed E-state index contributed by atoms with van der Waals surface area (Å²) in [7, 11) is 4.04. The van der Waals surface area contributed by atoms with Crippen molar-refractivity contribution in [1.29, 1.82) is 0 Å². The molecule has 1 aromatic heterocycles. The molecule has 26 heavy (non-hydrogen) atoms. The lowest BCUT2D eigenvalue weighted by atomic mass is 9.87. The van der Waals surface area contributed by atoms with Gasteiger partial charge in [0, 0.05) is 12.2 Å². The van der Waals surface area contributed by atoms with E-state index in [9.17, 15) is 4.79 Å². The van der Waals surface area contributed by atoms with Gasteiger partial charge in [0.05, 0.1) is 11.9 Å². The Bertz CT molecular complexity index is 700.